The van der Waals surface area contributed by atoms with Crippen molar-refractivity contribution in [1.82, 2.24) is 19.9 Å². The Labute approximate surface area is 184 Å². The maximum absolute atomic E-state index is 12.9. The molecule has 0 aliphatic heterocycles. The van der Waals surface area contributed by atoms with Crippen LogP contribution in [0, 0.1) is 11.8 Å². The second kappa shape index (κ2) is 9.34. The van der Waals surface area contributed by atoms with Crippen LogP contribution in [0.3, 0.4) is 0 Å². The van der Waals surface area contributed by atoms with Crippen LogP contribution in [0.15, 0.2) is 49.1 Å². The number of aromatic nitrogens is 3. The third kappa shape index (κ3) is 4.96. The Balaban J connectivity index is 1.51. The highest BCUT2D eigenvalue weighted by molar-refractivity contribution is 5.87. The number of fused-ring (bicyclic) bond motifs is 1. The van der Waals surface area contributed by atoms with Crippen LogP contribution in [0.5, 0.6) is 0 Å². The predicted octanol–water partition coefficient (Wildman–Crippen LogP) is 4.82. The van der Waals surface area contributed by atoms with Gasteiger partial charge in [-0.3, -0.25) is 9.78 Å². The van der Waals surface area contributed by atoms with Gasteiger partial charge in [-0.1, -0.05) is 69.2 Å². The molecular weight excluding hydrogens is 384 g/mol. The van der Waals surface area contributed by atoms with E-state index in [1.807, 2.05) is 36.8 Å². The highest BCUT2D eigenvalue weighted by atomic mass is 16.1. The van der Waals surface area contributed by atoms with E-state index in [0.29, 0.717) is 18.9 Å². The first-order chi connectivity index (χ1) is 15.1. The van der Waals surface area contributed by atoms with Crippen molar-refractivity contribution in [3.8, 4) is 11.8 Å². The SMILES string of the molecule is CC(C)c1nccn1CCC(=O)NC1(C#Cc2cncc3ccccc23)CCCCC1. The van der Waals surface area contributed by atoms with Crippen molar-refractivity contribution in [1.29, 1.82) is 0 Å². The summed E-state index contributed by atoms with van der Waals surface area (Å²) in [6.07, 6.45) is 13.0. The molecule has 3 aromatic rings. The van der Waals surface area contributed by atoms with Gasteiger partial charge >= 0.3 is 0 Å². The zero-order valence-electron chi connectivity index (χ0n) is 18.4. The van der Waals surface area contributed by atoms with Gasteiger partial charge in [-0.2, -0.15) is 0 Å². The largest absolute Gasteiger partial charge is 0.340 e. The van der Waals surface area contributed by atoms with E-state index in [9.17, 15) is 4.79 Å². The second-order valence-electron chi connectivity index (χ2n) is 8.73. The van der Waals surface area contributed by atoms with Crippen molar-refractivity contribution >= 4 is 16.7 Å². The van der Waals surface area contributed by atoms with Crippen LogP contribution in [-0.2, 0) is 11.3 Å². The highest BCUT2D eigenvalue weighted by Crippen LogP contribution is 2.28. The number of aryl methyl sites for hydroxylation is 1. The van der Waals surface area contributed by atoms with E-state index < -0.39 is 5.54 Å². The van der Waals surface area contributed by atoms with Crippen molar-refractivity contribution in [2.75, 3.05) is 0 Å². The molecule has 0 spiro atoms. The molecule has 5 nitrogen and oxygen atoms in total. The summed E-state index contributed by atoms with van der Waals surface area (Å²) in [5.41, 5.74) is 0.458. The van der Waals surface area contributed by atoms with E-state index in [4.69, 9.17) is 0 Å². The third-order valence-electron chi connectivity index (χ3n) is 6.03. The molecule has 1 amide bonds. The van der Waals surface area contributed by atoms with E-state index in [1.165, 1.54) is 6.42 Å². The zero-order valence-corrected chi connectivity index (χ0v) is 18.4. The summed E-state index contributed by atoms with van der Waals surface area (Å²) in [6.45, 7) is 4.87. The first-order valence-electron chi connectivity index (χ1n) is 11.2. The molecule has 1 aliphatic rings. The molecule has 1 saturated carbocycles. The molecule has 1 aliphatic carbocycles. The van der Waals surface area contributed by atoms with Crippen LogP contribution in [0.1, 0.15) is 69.7 Å². The first kappa shape index (κ1) is 21.1. The van der Waals surface area contributed by atoms with Gasteiger partial charge < -0.3 is 9.88 Å². The normalized spacial score (nSPS) is 15.5. The molecule has 2 aromatic heterocycles. The molecule has 1 N–H and O–H groups in total. The Morgan fingerprint density at radius 3 is 2.81 bits per heavy atom. The van der Waals surface area contributed by atoms with E-state index in [1.54, 1.807) is 6.20 Å². The van der Waals surface area contributed by atoms with E-state index in [0.717, 1.165) is 47.8 Å². The number of nitrogens with one attached hydrogen (secondary N) is 1. The number of imidazole rings is 1. The lowest BCUT2D eigenvalue weighted by Gasteiger charge is -2.33. The Morgan fingerprint density at radius 1 is 1.19 bits per heavy atom. The number of nitrogens with zero attached hydrogens (tertiary/aromatic N) is 3. The minimum atomic E-state index is -0.456. The number of carbonyl (C=O) groups excluding carboxylic acids is 1. The fourth-order valence-corrected chi connectivity index (χ4v) is 4.40. The van der Waals surface area contributed by atoms with Gasteiger partial charge in [0.05, 0.1) is 5.56 Å². The first-order valence-corrected chi connectivity index (χ1v) is 11.2. The van der Waals surface area contributed by atoms with Crippen LogP contribution >= 0.6 is 0 Å². The Bertz CT molecular complexity index is 1110. The van der Waals surface area contributed by atoms with Crippen molar-refractivity contribution in [3.63, 3.8) is 0 Å². The lowest BCUT2D eigenvalue weighted by molar-refractivity contribution is -0.123. The lowest BCUT2D eigenvalue weighted by atomic mass is 9.81. The maximum atomic E-state index is 12.9. The van der Waals surface area contributed by atoms with Crippen molar-refractivity contribution in [2.45, 2.75) is 70.4 Å². The molecule has 0 bridgehead atoms. The molecule has 5 heteroatoms. The van der Waals surface area contributed by atoms with Crippen molar-refractivity contribution in [3.05, 3.63) is 60.4 Å². The van der Waals surface area contributed by atoms with E-state index in [2.05, 4.69) is 51.6 Å². The van der Waals surface area contributed by atoms with Gasteiger partial charge in [-0.05, 0) is 12.8 Å². The summed E-state index contributed by atoms with van der Waals surface area (Å²) in [5.74, 6) is 8.22. The number of pyridine rings is 1. The summed E-state index contributed by atoms with van der Waals surface area (Å²) in [5, 5.41) is 5.48. The Hall–Kier alpha value is -3.13. The molecule has 0 unspecified atom stereocenters. The molecule has 0 radical (unpaired) electrons. The van der Waals surface area contributed by atoms with Crippen LogP contribution in [-0.4, -0.2) is 26.0 Å². The van der Waals surface area contributed by atoms with Gasteiger partial charge in [0.15, 0.2) is 0 Å². The molecule has 160 valence electrons. The minimum absolute atomic E-state index is 0.0515. The Morgan fingerprint density at radius 2 is 2.00 bits per heavy atom. The predicted molar refractivity (Wildman–Crippen MR) is 124 cm³/mol. The smallest absolute Gasteiger partial charge is 0.222 e. The molecule has 0 atom stereocenters. The molecule has 1 aromatic carbocycles. The van der Waals surface area contributed by atoms with Gasteiger partial charge in [0.2, 0.25) is 5.91 Å². The number of hydrogen-bond donors (Lipinski definition) is 1. The average molecular weight is 415 g/mol. The number of amides is 1. The number of carbonyl (C=O) groups is 1. The molecule has 1 fully saturated rings. The molecule has 2 heterocycles. The summed E-state index contributed by atoms with van der Waals surface area (Å²) < 4.78 is 2.07. The van der Waals surface area contributed by atoms with Gasteiger partial charge in [0, 0.05) is 54.4 Å². The molecule has 4 rings (SSSR count). The Kier molecular flexibility index (Phi) is 6.36. The van der Waals surface area contributed by atoms with Crippen LogP contribution in [0.4, 0.5) is 0 Å². The van der Waals surface area contributed by atoms with Gasteiger partial charge in [-0.15, -0.1) is 0 Å². The molecule has 0 saturated heterocycles. The molecular formula is C26H30N4O. The zero-order chi connectivity index (χ0) is 21.7. The van der Waals surface area contributed by atoms with Crippen LogP contribution in [0.2, 0.25) is 0 Å². The van der Waals surface area contributed by atoms with Crippen molar-refractivity contribution in [2.24, 2.45) is 0 Å². The van der Waals surface area contributed by atoms with Crippen LogP contribution in [0.25, 0.3) is 10.8 Å². The quantitative estimate of drug-likeness (QED) is 0.609. The third-order valence-corrected chi connectivity index (χ3v) is 6.03. The topological polar surface area (TPSA) is 59.8 Å². The number of hydrogen-bond acceptors (Lipinski definition) is 3. The summed E-state index contributed by atoms with van der Waals surface area (Å²) in [7, 11) is 0. The minimum Gasteiger partial charge on any atom is -0.340 e. The number of benzene rings is 1. The van der Waals surface area contributed by atoms with E-state index >= 15 is 0 Å². The van der Waals surface area contributed by atoms with Gasteiger partial charge in [0.25, 0.3) is 0 Å². The van der Waals surface area contributed by atoms with Gasteiger partial charge in [0.1, 0.15) is 11.4 Å². The second-order valence-corrected chi connectivity index (χ2v) is 8.73. The summed E-state index contributed by atoms with van der Waals surface area (Å²) in [4.78, 5) is 21.6. The molecule has 31 heavy (non-hydrogen) atoms. The fourth-order valence-electron chi connectivity index (χ4n) is 4.40. The van der Waals surface area contributed by atoms with E-state index in [-0.39, 0.29) is 5.91 Å². The fraction of sp³-hybridized carbons (Fsp3) is 0.423. The highest BCUT2D eigenvalue weighted by Gasteiger charge is 2.31. The summed E-state index contributed by atoms with van der Waals surface area (Å²) >= 11 is 0. The lowest BCUT2D eigenvalue weighted by Crippen LogP contribution is -2.49. The standard InChI is InChI=1S/C26H30N4O/c1-20(2)25-28-15-17-30(25)16-11-24(31)29-26(12-6-3-7-13-26)14-10-22-19-27-18-21-8-4-5-9-23(21)22/h4-5,8-9,15,17-20H,3,6-7,11-13,16H2,1-2H3,(H,29,31). The van der Waals surface area contributed by atoms with Gasteiger partial charge in [-0.25, -0.2) is 4.98 Å². The number of rotatable bonds is 5. The van der Waals surface area contributed by atoms with Crippen LogP contribution < -0.4 is 5.32 Å². The monoisotopic (exact) mass is 414 g/mol. The van der Waals surface area contributed by atoms with Crippen molar-refractivity contribution < 1.29 is 4.79 Å². The maximum Gasteiger partial charge on any atom is 0.222 e. The summed E-state index contributed by atoms with van der Waals surface area (Å²) in [6, 6.07) is 8.15. The average Bonchev–Trinajstić information content (AvgIpc) is 3.26.